The van der Waals surface area contributed by atoms with Crippen molar-refractivity contribution in [1.29, 1.82) is 0 Å². The molecule has 0 aliphatic rings. The lowest BCUT2D eigenvalue weighted by Gasteiger charge is -2.06. The fraction of sp³-hybridized carbons (Fsp3) is 0.826. The minimum atomic E-state index is -0.230. The lowest BCUT2D eigenvalue weighted by Crippen LogP contribution is -2.25. The summed E-state index contributed by atoms with van der Waals surface area (Å²) in [5.74, 6) is -0.384. The van der Waals surface area contributed by atoms with Gasteiger partial charge in [-0.05, 0) is 20.3 Å². The van der Waals surface area contributed by atoms with Crippen LogP contribution in [0, 0.1) is 0 Å². The average Bonchev–Trinajstić information content (AvgIpc) is 2.61. The molecular weight excluding hydrogens is 338 g/mol. The van der Waals surface area contributed by atoms with Gasteiger partial charge in [0.2, 0.25) is 5.91 Å². The largest absolute Gasteiger partial charge is 0.466 e. The van der Waals surface area contributed by atoms with Gasteiger partial charge in [-0.3, -0.25) is 9.59 Å². The first-order valence-corrected chi connectivity index (χ1v) is 11.1. The highest BCUT2D eigenvalue weighted by atomic mass is 16.5. The van der Waals surface area contributed by atoms with Crippen LogP contribution in [0.25, 0.3) is 0 Å². The SMILES string of the molecule is CCCCCCCCCCCCCCCOC(=O)CCNC(=O)C=C(C)C. The van der Waals surface area contributed by atoms with Gasteiger partial charge in [-0.1, -0.05) is 89.5 Å². The molecule has 0 radical (unpaired) electrons. The monoisotopic (exact) mass is 381 g/mol. The minimum absolute atomic E-state index is 0.153. The molecule has 0 aromatic rings. The molecule has 0 spiro atoms. The fourth-order valence-corrected chi connectivity index (χ4v) is 2.98. The van der Waals surface area contributed by atoms with Crippen LogP contribution in [0.5, 0.6) is 0 Å². The predicted molar refractivity (Wildman–Crippen MR) is 114 cm³/mol. The van der Waals surface area contributed by atoms with Gasteiger partial charge in [0.1, 0.15) is 0 Å². The van der Waals surface area contributed by atoms with Gasteiger partial charge >= 0.3 is 5.97 Å². The average molecular weight is 382 g/mol. The van der Waals surface area contributed by atoms with Crippen LogP contribution in [0.15, 0.2) is 11.6 Å². The second-order valence-electron chi connectivity index (χ2n) is 7.73. The molecule has 158 valence electrons. The molecule has 27 heavy (non-hydrogen) atoms. The van der Waals surface area contributed by atoms with Crippen molar-refractivity contribution in [3.8, 4) is 0 Å². The second-order valence-corrected chi connectivity index (χ2v) is 7.73. The van der Waals surface area contributed by atoms with Gasteiger partial charge in [-0.15, -0.1) is 0 Å². The number of hydrogen-bond acceptors (Lipinski definition) is 3. The van der Waals surface area contributed by atoms with Crippen LogP contribution in [-0.4, -0.2) is 25.0 Å². The van der Waals surface area contributed by atoms with E-state index in [0.29, 0.717) is 13.2 Å². The molecule has 4 nitrogen and oxygen atoms in total. The van der Waals surface area contributed by atoms with Crippen molar-refractivity contribution in [2.45, 2.75) is 111 Å². The third-order valence-corrected chi connectivity index (χ3v) is 4.56. The Morgan fingerprint density at radius 2 is 1.26 bits per heavy atom. The second kappa shape index (κ2) is 19.4. The van der Waals surface area contributed by atoms with Gasteiger partial charge in [-0.25, -0.2) is 0 Å². The number of ether oxygens (including phenoxy) is 1. The Kier molecular flexibility index (Phi) is 18.5. The number of carbonyl (C=O) groups is 2. The molecule has 0 aliphatic carbocycles. The molecule has 0 fully saturated rings. The Morgan fingerprint density at radius 1 is 0.778 bits per heavy atom. The maximum absolute atomic E-state index is 11.6. The van der Waals surface area contributed by atoms with Crippen LogP contribution >= 0.6 is 0 Å². The van der Waals surface area contributed by atoms with Crippen LogP contribution in [0.3, 0.4) is 0 Å². The quantitative estimate of drug-likeness (QED) is 0.177. The molecule has 0 bridgehead atoms. The Bertz CT molecular complexity index is 400. The summed E-state index contributed by atoms with van der Waals surface area (Å²) in [5, 5.41) is 2.68. The highest BCUT2D eigenvalue weighted by Crippen LogP contribution is 2.12. The molecule has 0 aromatic carbocycles. The number of nitrogens with one attached hydrogen (secondary N) is 1. The van der Waals surface area contributed by atoms with E-state index < -0.39 is 0 Å². The first-order valence-electron chi connectivity index (χ1n) is 11.1. The molecule has 0 rings (SSSR count). The highest BCUT2D eigenvalue weighted by Gasteiger charge is 2.03. The first kappa shape index (κ1) is 25.7. The third kappa shape index (κ3) is 20.8. The molecule has 4 heteroatoms. The summed E-state index contributed by atoms with van der Waals surface area (Å²) in [6.45, 7) is 6.82. The zero-order valence-corrected chi connectivity index (χ0v) is 18.1. The molecule has 0 heterocycles. The van der Waals surface area contributed by atoms with Gasteiger partial charge in [0.25, 0.3) is 0 Å². The summed E-state index contributed by atoms with van der Waals surface area (Å²) in [5.41, 5.74) is 0.942. The Hall–Kier alpha value is -1.32. The molecule has 0 unspecified atom stereocenters. The standard InChI is InChI=1S/C23H43NO3/c1-4-5-6-7-8-9-10-11-12-13-14-15-16-19-27-23(26)17-18-24-22(25)20-21(2)3/h20H,4-19H2,1-3H3,(H,24,25). The zero-order valence-electron chi connectivity index (χ0n) is 18.1. The number of allylic oxidation sites excluding steroid dienone is 1. The zero-order chi connectivity index (χ0) is 20.2. The Labute approximate surface area is 167 Å². The van der Waals surface area contributed by atoms with Crippen molar-refractivity contribution in [3.63, 3.8) is 0 Å². The van der Waals surface area contributed by atoms with Gasteiger partial charge < -0.3 is 10.1 Å². The van der Waals surface area contributed by atoms with E-state index in [1.807, 2.05) is 13.8 Å². The molecule has 0 saturated heterocycles. The first-order chi connectivity index (χ1) is 13.1. The van der Waals surface area contributed by atoms with E-state index >= 15 is 0 Å². The van der Waals surface area contributed by atoms with Crippen molar-refractivity contribution >= 4 is 11.9 Å². The summed E-state index contributed by atoms with van der Waals surface area (Å²) < 4.78 is 5.20. The van der Waals surface area contributed by atoms with E-state index in [-0.39, 0.29) is 18.3 Å². The van der Waals surface area contributed by atoms with Crippen molar-refractivity contribution in [1.82, 2.24) is 5.32 Å². The van der Waals surface area contributed by atoms with E-state index in [1.54, 1.807) is 0 Å². The van der Waals surface area contributed by atoms with Crippen molar-refractivity contribution in [2.24, 2.45) is 0 Å². The lowest BCUT2D eigenvalue weighted by molar-refractivity contribution is -0.143. The number of esters is 1. The van der Waals surface area contributed by atoms with Gasteiger partial charge in [0.15, 0.2) is 0 Å². The maximum Gasteiger partial charge on any atom is 0.307 e. The summed E-state index contributed by atoms with van der Waals surface area (Å²) in [4.78, 5) is 23.0. The topological polar surface area (TPSA) is 55.4 Å². The molecule has 0 aliphatic heterocycles. The van der Waals surface area contributed by atoms with E-state index in [9.17, 15) is 9.59 Å². The lowest BCUT2D eigenvalue weighted by atomic mass is 10.0. The number of carbonyl (C=O) groups excluding carboxylic acids is 2. The molecular formula is C23H43NO3. The van der Waals surface area contributed by atoms with E-state index in [0.717, 1.165) is 18.4 Å². The van der Waals surface area contributed by atoms with Crippen molar-refractivity contribution in [3.05, 3.63) is 11.6 Å². The fourth-order valence-electron chi connectivity index (χ4n) is 2.98. The summed E-state index contributed by atoms with van der Waals surface area (Å²) in [6, 6.07) is 0. The molecule has 0 aromatic heterocycles. The van der Waals surface area contributed by atoms with E-state index in [1.165, 1.54) is 76.7 Å². The van der Waals surface area contributed by atoms with Crippen LogP contribution in [0.4, 0.5) is 0 Å². The summed E-state index contributed by atoms with van der Waals surface area (Å²) in [7, 11) is 0. The van der Waals surface area contributed by atoms with Gasteiger partial charge in [0.05, 0.1) is 13.0 Å². The Morgan fingerprint density at radius 3 is 1.74 bits per heavy atom. The highest BCUT2D eigenvalue weighted by molar-refractivity contribution is 5.88. The molecule has 0 saturated carbocycles. The number of rotatable bonds is 18. The van der Waals surface area contributed by atoms with E-state index in [4.69, 9.17) is 4.74 Å². The van der Waals surface area contributed by atoms with Crippen molar-refractivity contribution in [2.75, 3.05) is 13.2 Å². The van der Waals surface area contributed by atoms with Gasteiger partial charge in [-0.2, -0.15) is 0 Å². The molecule has 1 amide bonds. The summed E-state index contributed by atoms with van der Waals surface area (Å²) >= 11 is 0. The predicted octanol–water partition coefficient (Wildman–Crippen LogP) is 6.09. The molecule has 1 N–H and O–H groups in total. The van der Waals surface area contributed by atoms with Crippen LogP contribution in [0.2, 0.25) is 0 Å². The van der Waals surface area contributed by atoms with Crippen LogP contribution in [-0.2, 0) is 14.3 Å². The maximum atomic E-state index is 11.6. The van der Waals surface area contributed by atoms with Crippen LogP contribution < -0.4 is 5.32 Å². The summed E-state index contributed by atoms with van der Waals surface area (Å²) in [6.07, 6.45) is 18.8. The normalized spacial score (nSPS) is 10.5. The number of unbranched alkanes of at least 4 members (excludes halogenated alkanes) is 12. The van der Waals surface area contributed by atoms with Gasteiger partial charge in [0, 0.05) is 12.6 Å². The Balaban J connectivity index is 3.26. The van der Waals surface area contributed by atoms with Crippen LogP contribution in [0.1, 0.15) is 111 Å². The minimum Gasteiger partial charge on any atom is -0.466 e. The number of amides is 1. The smallest absolute Gasteiger partial charge is 0.307 e. The third-order valence-electron chi connectivity index (χ3n) is 4.56. The van der Waals surface area contributed by atoms with E-state index in [2.05, 4.69) is 12.2 Å². The number of hydrogen-bond donors (Lipinski definition) is 1. The molecule has 0 atom stereocenters. The van der Waals surface area contributed by atoms with Crippen molar-refractivity contribution < 1.29 is 14.3 Å².